The van der Waals surface area contributed by atoms with E-state index in [1.807, 2.05) is 13.0 Å². The lowest BCUT2D eigenvalue weighted by Gasteiger charge is -1.98. The molecule has 0 amide bonds. The van der Waals surface area contributed by atoms with Crippen molar-refractivity contribution >= 4 is 9.84 Å². The fraction of sp³-hybridized carbons (Fsp3) is 0.167. The lowest BCUT2D eigenvalue weighted by atomic mass is 10.2. The molecular weight excluding hydrogens is 252 g/mol. The van der Waals surface area contributed by atoms with Crippen LogP contribution in [-0.4, -0.2) is 19.3 Å². The van der Waals surface area contributed by atoms with Gasteiger partial charge in [0.25, 0.3) is 9.84 Å². The summed E-state index contributed by atoms with van der Waals surface area (Å²) < 4.78 is 27.2. The van der Waals surface area contributed by atoms with Crippen molar-refractivity contribution in [3.63, 3.8) is 0 Å². The average molecular weight is 264 g/mol. The molecule has 0 unspecified atom stereocenters. The number of hydrogen-bond acceptors (Lipinski definition) is 4. The number of rotatable bonds is 2. The molecule has 0 aliphatic rings. The first-order valence-electron chi connectivity index (χ1n) is 5.01. The first-order valence-corrected chi connectivity index (χ1v) is 6.66. The minimum atomic E-state index is -3.39. The Morgan fingerprint density at radius 3 is 2.67 bits per heavy atom. The highest BCUT2D eigenvalue weighted by Gasteiger charge is 2.16. The molecule has 2 rings (SSSR count). The van der Waals surface area contributed by atoms with Gasteiger partial charge in [-0.25, -0.2) is 20.0 Å². The van der Waals surface area contributed by atoms with E-state index in [1.54, 1.807) is 18.3 Å². The van der Waals surface area contributed by atoms with E-state index in [9.17, 15) is 8.42 Å². The second-order valence-electron chi connectivity index (χ2n) is 3.39. The van der Waals surface area contributed by atoms with Crippen molar-refractivity contribution in [3.8, 4) is 0 Å². The van der Waals surface area contributed by atoms with Gasteiger partial charge in [0.1, 0.15) is 6.26 Å². The van der Waals surface area contributed by atoms with Crippen molar-refractivity contribution in [2.45, 2.75) is 11.8 Å². The minimum Gasteiger partial charge on any atom is -0.452 e. The minimum absolute atomic E-state index is 0.225. The van der Waals surface area contributed by atoms with Gasteiger partial charge in [0, 0.05) is 0 Å². The number of hydrogen-bond donors (Lipinski definition) is 0. The molecule has 5 nitrogen and oxygen atoms in total. The van der Waals surface area contributed by atoms with Crippen LogP contribution in [0.25, 0.3) is 4.85 Å². The molecule has 1 aromatic carbocycles. The average Bonchev–Trinajstić information content (AvgIpc) is 2.87. The molecule has 0 N–H and O–H groups in total. The smallest absolute Gasteiger partial charge is 0.316 e. The maximum Gasteiger partial charge on any atom is 0.316 e. The van der Waals surface area contributed by atoms with Gasteiger partial charge in [-0.2, -0.15) is 0 Å². The highest BCUT2D eigenvalue weighted by molar-refractivity contribution is 7.91. The standard InChI is InChI=1S/C9H9NO2S.C3H3NO/c1-8-4-3-5-9(6-8)13(11,12)7-10-2;1-2-5-3-4-1/h3-6H,7H2,1H3;1-3H. The van der Waals surface area contributed by atoms with E-state index in [4.69, 9.17) is 6.57 Å². The number of sulfone groups is 1. The Balaban J connectivity index is 0.000000269. The van der Waals surface area contributed by atoms with E-state index in [2.05, 4.69) is 14.2 Å². The van der Waals surface area contributed by atoms with E-state index in [0.29, 0.717) is 0 Å². The van der Waals surface area contributed by atoms with Crippen molar-refractivity contribution in [3.05, 3.63) is 60.1 Å². The fourth-order valence-electron chi connectivity index (χ4n) is 1.14. The highest BCUT2D eigenvalue weighted by Crippen LogP contribution is 2.12. The molecular formula is C12H12N2O3S. The number of nitrogens with zero attached hydrogens (tertiary/aromatic N) is 2. The number of benzene rings is 1. The molecule has 18 heavy (non-hydrogen) atoms. The lowest BCUT2D eigenvalue weighted by molar-refractivity contribution is 0.558. The third kappa shape index (κ3) is 4.39. The molecule has 0 spiro atoms. The normalized spacial score (nSPS) is 10.0. The van der Waals surface area contributed by atoms with Gasteiger partial charge in [-0.05, 0) is 24.6 Å². The number of aromatic nitrogens is 1. The summed E-state index contributed by atoms with van der Waals surface area (Å²) in [7, 11) is -3.39. The third-order valence-corrected chi connectivity index (χ3v) is 3.37. The summed E-state index contributed by atoms with van der Waals surface area (Å²) in [5, 5.41) is 0. The largest absolute Gasteiger partial charge is 0.452 e. The van der Waals surface area contributed by atoms with E-state index in [-0.39, 0.29) is 4.90 Å². The maximum absolute atomic E-state index is 11.4. The third-order valence-electron chi connectivity index (χ3n) is 1.93. The van der Waals surface area contributed by atoms with Crippen LogP contribution in [0, 0.1) is 13.5 Å². The monoisotopic (exact) mass is 264 g/mol. The summed E-state index contributed by atoms with van der Waals surface area (Å²) in [5.41, 5.74) is 0.881. The number of oxazole rings is 1. The Kier molecular flexibility index (Phi) is 5.08. The molecule has 0 aliphatic heterocycles. The molecule has 0 saturated carbocycles. The fourth-order valence-corrected chi connectivity index (χ4v) is 2.11. The van der Waals surface area contributed by atoms with Crippen molar-refractivity contribution < 1.29 is 12.8 Å². The molecule has 0 radical (unpaired) electrons. The first kappa shape index (κ1) is 13.9. The molecule has 94 valence electrons. The molecule has 0 atom stereocenters. The summed E-state index contributed by atoms with van der Waals surface area (Å²) in [6, 6.07) is 6.57. The Morgan fingerprint density at radius 1 is 1.44 bits per heavy atom. The summed E-state index contributed by atoms with van der Waals surface area (Å²) in [5.74, 6) is -0.476. The molecule has 0 saturated heterocycles. The van der Waals surface area contributed by atoms with Gasteiger partial charge in [0.15, 0.2) is 6.39 Å². The predicted octanol–water partition coefficient (Wildman–Crippen LogP) is 2.32. The summed E-state index contributed by atoms with van der Waals surface area (Å²) in [4.78, 5) is 6.66. The summed E-state index contributed by atoms with van der Waals surface area (Å²) in [6.07, 6.45) is 4.47. The van der Waals surface area contributed by atoms with Crippen LogP contribution in [0.3, 0.4) is 0 Å². The topological polar surface area (TPSA) is 64.5 Å². The zero-order valence-electron chi connectivity index (χ0n) is 9.78. The van der Waals surface area contributed by atoms with Gasteiger partial charge in [0.2, 0.25) is 0 Å². The van der Waals surface area contributed by atoms with Crippen LogP contribution < -0.4 is 0 Å². The van der Waals surface area contributed by atoms with Gasteiger partial charge in [0.05, 0.1) is 11.1 Å². The molecule has 1 heterocycles. The van der Waals surface area contributed by atoms with Crippen molar-refractivity contribution in [2.24, 2.45) is 0 Å². The lowest BCUT2D eigenvalue weighted by Crippen LogP contribution is -2.03. The summed E-state index contributed by atoms with van der Waals surface area (Å²) >= 11 is 0. The maximum atomic E-state index is 11.4. The SMILES string of the molecule is [C-]#[N+]CS(=O)(=O)c1cccc(C)c1.c1cocn1. The van der Waals surface area contributed by atoms with E-state index < -0.39 is 15.7 Å². The van der Waals surface area contributed by atoms with Gasteiger partial charge in [-0.3, -0.25) is 4.85 Å². The van der Waals surface area contributed by atoms with Gasteiger partial charge in [-0.15, -0.1) is 0 Å². The zero-order valence-corrected chi connectivity index (χ0v) is 10.6. The van der Waals surface area contributed by atoms with Crippen LogP contribution in [0.5, 0.6) is 0 Å². The summed E-state index contributed by atoms with van der Waals surface area (Å²) in [6.45, 7) is 8.32. The molecule has 2 aromatic rings. The van der Waals surface area contributed by atoms with Crippen molar-refractivity contribution in [1.82, 2.24) is 4.98 Å². The van der Waals surface area contributed by atoms with Crippen LogP contribution >= 0.6 is 0 Å². The molecule has 0 fully saturated rings. The van der Waals surface area contributed by atoms with Crippen LogP contribution in [0.2, 0.25) is 0 Å². The molecule has 0 bridgehead atoms. The van der Waals surface area contributed by atoms with Crippen LogP contribution in [0.4, 0.5) is 0 Å². The van der Waals surface area contributed by atoms with Gasteiger partial charge >= 0.3 is 5.88 Å². The zero-order chi connectivity index (χ0) is 13.4. The Bertz CT molecular complexity index is 596. The van der Waals surface area contributed by atoms with Crippen LogP contribution in [0.15, 0.2) is 52.4 Å². The van der Waals surface area contributed by atoms with E-state index >= 15 is 0 Å². The van der Waals surface area contributed by atoms with Crippen molar-refractivity contribution in [2.75, 3.05) is 5.88 Å². The van der Waals surface area contributed by atoms with Crippen molar-refractivity contribution in [1.29, 1.82) is 0 Å². The van der Waals surface area contributed by atoms with E-state index in [1.165, 1.54) is 18.7 Å². The molecule has 6 heteroatoms. The first-order chi connectivity index (χ1) is 8.56. The molecule has 0 aliphatic carbocycles. The second kappa shape index (κ2) is 6.57. The van der Waals surface area contributed by atoms with Gasteiger partial charge < -0.3 is 4.42 Å². The quantitative estimate of drug-likeness (QED) is 0.781. The number of aryl methyl sites for hydroxylation is 1. The van der Waals surface area contributed by atoms with Crippen LogP contribution in [-0.2, 0) is 9.84 Å². The Hall–Kier alpha value is -2.13. The van der Waals surface area contributed by atoms with E-state index in [0.717, 1.165) is 5.56 Å². The highest BCUT2D eigenvalue weighted by atomic mass is 32.2. The second-order valence-corrected chi connectivity index (χ2v) is 5.35. The van der Waals surface area contributed by atoms with Crippen LogP contribution in [0.1, 0.15) is 5.56 Å². The Labute approximate surface area is 106 Å². The van der Waals surface area contributed by atoms with Gasteiger partial charge in [-0.1, -0.05) is 12.1 Å². The Morgan fingerprint density at radius 2 is 2.22 bits per heavy atom. The molecule has 1 aromatic heterocycles. The predicted molar refractivity (Wildman–Crippen MR) is 66.3 cm³/mol.